The highest BCUT2D eigenvalue weighted by atomic mass is 16.5. The number of amides is 2. The van der Waals surface area contributed by atoms with Crippen molar-refractivity contribution in [2.24, 2.45) is 0 Å². The Morgan fingerprint density at radius 2 is 1.62 bits per heavy atom. The molecule has 0 aliphatic rings. The van der Waals surface area contributed by atoms with Gasteiger partial charge in [-0.25, -0.2) is 4.79 Å². The van der Waals surface area contributed by atoms with Crippen LogP contribution in [0.25, 0.3) is 0 Å². The highest BCUT2D eigenvalue weighted by Crippen LogP contribution is 2.15. The summed E-state index contributed by atoms with van der Waals surface area (Å²) in [5.41, 5.74) is 1.22. The molecule has 0 heterocycles. The average molecular weight is 328 g/mol. The van der Waals surface area contributed by atoms with Crippen molar-refractivity contribution < 1.29 is 24.2 Å². The lowest BCUT2D eigenvalue weighted by Crippen LogP contribution is -2.30. The van der Waals surface area contributed by atoms with Crippen LogP contribution < -0.4 is 10.6 Å². The molecular formula is C17H16N2O5. The number of para-hydroxylation sites is 1. The summed E-state index contributed by atoms with van der Waals surface area (Å²) in [6, 6.07) is 15.4. The number of aliphatic carboxylic acids is 1. The third kappa shape index (κ3) is 5.13. The maximum absolute atomic E-state index is 12.0. The summed E-state index contributed by atoms with van der Waals surface area (Å²) in [5.74, 6) is -1.76. The van der Waals surface area contributed by atoms with E-state index in [0.29, 0.717) is 0 Å². The van der Waals surface area contributed by atoms with Gasteiger partial charge in [0.05, 0.1) is 11.3 Å². The quantitative estimate of drug-likeness (QED) is 0.754. The lowest BCUT2D eigenvalue weighted by Gasteiger charge is -2.11. The van der Waals surface area contributed by atoms with E-state index < -0.39 is 24.5 Å². The van der Waals surface area contributed by atoms with Crippen molar-refractivity contribution in [1.29, 1.82) is 0 Å². The minimum atomic E-state index is -1.16. The van der Waals surface area contributed by atoms with Crippen molar-refractivity contribution in [3.8, 4) is 0 Å². The van der Waals surface area contributed by atoms with Crippen LogP contribution in [0, 0.1) is 0 Å². The van der Waals surface area contributed by atoms with Crippen molar-refractivity contribution in [2.75, 3.05) is 11.9 Å². The molecule has 7 nitrogen and oxygen atoms in total. The molecule has 0 saturated heterocycles. The molecule has 2 amide bonds. The van der Waals surface area contributed by atoms with Gasteiger partial charge in [0.25, 0.3) is 5.91 Å². The molecule has 0 spiro atoms. The first kappa shape index (κ1) is 17.0. The van der Waals surface area contributed by atoms with Crippen LogP contribution in [0.4, 0.5) is 10.5 Å². The lowest BCUT2D eigenvalue weighted by atomic mass is 10.1. The molecule has 2 aromatic carbocycles. The van der Waals surface area contributed by atoms with E-state index in [2.05, 4.69) is 10.6 Å². The van der Waals surface area contributed by atoms with Crippen LogP contribution in [0.1, 0.15) is 15.9 Å². The smallest absolute Gasteiger partial charge is 0.411 e. The minimum absolute atomic E-state index is 0.0973. The molecule has 124 valence electrons. The van der Waals surface area contributed by atoms with Gasteiger partial charge in [0.2, 0.25) is 0 Å². The van der Waals surface area contributed by atoms with Gasteiger partial charge in [0.15, 0.2) is 0 Å². The maximum Gasteiger partial charge on any atom is 0.411 e. The number of carbonyl (C=O) groups excluding carboxylic acids is 2. The molecule has 0 atom stereocenters. The normalized spacial score (nSPS) is 9.83. The molecule has 7 heteroatoms. The highest BCUT2D eigenvalue weighted by Gasteiger charge is 2.14. The Bertz CT molecular complexity index is 731. The van der Waals surface area contributed by atoms with Gasteiger partial charge in [-0.1, -0.05) is 42.5 Å². The second kappa shape index (κ2) is 8.33. The van der Waals surface area contributed by atoms with Gasteiger partial charge in [-0.05, 0) is 17.7 Å². The molecule has 0 saturated carbocycles. The van der Waals surface area contributed by atoms with E-state index in [9.17, 15) is 14.4 Å². The molecule has 2 rings (SSSR count). The summed E-state index contributed by atoms with van der Waals surface area (Å²) in [4.78, 5) is 34.3. The summed E-state index contributed by atoms with van der Waals surface area (Å²) in [5, 5.41) is 13.3. The third-order valence-electron chi connectivity index (χ3n) is 3.02. The monoisotopic (exact) mass is 328 g/mol. The second-order valence-electron chi connectivity index (χ2n) is 4.81. The summed E-state index contributed by atoms with van der Waals surface area (Å²) in [7, 11) is 0. The van der Waals surface area contributed by atoms with Gasteiger partial charge in [0, 0.05) is 0 Å². The van der Waals surface area contributed by atoms with Gasteiger partial charge >= 0.3 is 12.1 Å². The van der Waals surface area contributed by atoms with Crippen LogP contribution in [0.15, 0.2) is 54.6 Å². The number of anilines is 1. The number of nitrogens with one attached hydrogen (secondary N) is 2. The van der Waals surface area contributed by atoms with E-state index in [1.54, 1.807) is 12.1 Å². The van der Waals surface area contributed by atoms with Crippen LogP contribution in [-0.2, 0) is 16.1 Å². The number of hydrogen-bond acceptors (Lipinski definition) is 4. The zero-order valence-electron chi connectivity index (χ0n) is 12.7. The number of ether oxygens (including phenoxy) is 1. The first-order valence-electron chi connectivity index (χ1n) is 7.13. The number of carboxylic acids is 1. The van der Waals surface area contributed by atoms with Crippen molar-refractivity contribution >= 4 is 23.7 Å². The first-order valence-corrected chi connectivity index (χ1v) is 7.13. The largest absolute Gasteiger partial charge is 0.480 e. The molecule has 0 unspecified atom stereocenters. The van der Waals surface area contributed by atoms with Crippen LogP contribution in [-0.4, -0.2) is 29.6 Å². The van der Waals surface area contributed by atoms with E-state index in [-0.39, 0.29) is 17.9 Å². The predicted molar refractivity (Wildman–Crippen MR) is 86.7 cm³/mol. The van der Waals surface area contributed by atoms with Crippen molar-refractivity contribution in [3.63, 3.8) is 0 Å². The Balaban J connectivity index is 1.97. The Hall–Kier alpha value is -3.35. The Labute approximate surface area is 138 Å². The second-order valence-corrected chi connectivity index (χ2v) is 4.81. The molecule has 3 N–H and O–H groups in total. The van der Waals surface area contributed by atoms with E-state index in [1.807, 2.05) is 30.3 Å². The summed E-state index contributed by atoms with van der Waals surface area (Å²) < 4.78 is 5.09. The summed E-state index contributed by atoms with van der Waals surface area (Å²) in [6.07, 6.45) is -0.711. The minimum Gasteiger partial charge on any atom is -0.480 e. The van der Waals surface area contributed by atoms with Gasteiger partial charge in [-0.2, -0.15) is 0 Å². The summed E-state index contributed by atoms with van der Waals surface area (Å²) in [6.45, 7) is -0.411. The zero-order chi connectivity index (χ0) is 17.4. The van der Waals surface area contributed by atoms with Crippen molar-refractivity contribution in [1.82, 2.24) is 5.32 Å². The molecule has 2 aromatic rings. The Kier molecular flexibility index (Phi) is 5.90. The zero-order valence-corrected chi connectivity index (χ0v) is 12.7. The first-order chi connectivity index (χ1) is 11.6. The average Bonchev–Trinajstić information content (AvgIpc) is 2.59. The van der Waals surface area contributed by atoms with E-state index in [1.165, 1.54) is 12.1 Å². The van der Waals surface area contributed by atoms with Crippen LogP contribution >= 0.6 is 0 Å². The molecule has 0 aromatic heterocycles. The molecular weight excluding hydrogens is 312 g/mol. The summed E-state index contributed by atoms with van der Waals surface area (Å²) >= 11 is 0. The van der Waals surface area contributed by atoms with E-state index in [0.717, 1.165) is 5.56 Å². The fourth-order valence-electron chi connectivity index (χ4n) is 1.91. The number of rotatable bonds is 6. The maximum atomic E-state index is 12.0. The molecule has 0 aliphatic carbocycles. The van der Waals surface area contributed by atoms with Gasteiger partial charge in [0.1, 0.15) is 13.2 Å². The number of benzene rings is 2. The van der Waals surface area contributed by atoms with Crippen molar-refractivity contribution in [2.45, 2.75) is 6.61 Å². The topological polar surface area (TPSA) is 105 Å². The van der Waals surface area contributed by atoms with Crippen LogP contribution in [0.2, 0.25) is 0 Å². The van der Waals surface area contributed by atoms with Crippen LogP contribution in [0.5, 0.6) is 0 Å². The number of carboxylic acid groups (broad SMARTS) is 1. The molecule has 0 aliphatic heterocycles. The van der Waals surface area contributed by atoms with Crippen molar-refractivity contribution in [3.05, 3.63) is 65.7 Å². The number of hydrogen-bond donors (Lipinski definition) is 3. The van der Waals surface area contributed by atoms with Gasteiger partial charge < -0.3 is 15.2 Å². The molecule has 0 radical (unpaired) electrons. The fraction of sp³-hybridized carbons (Fsp3) is 0.118. The molecule has 24 heavy (non-hydrogen) atoms. The Morgan fingerprint density at radius 3 is 2.33 bits per heavy atom. The predicted octanol–water partition coefficient (Wildman–Crippen LogP) is 2.25. The number of carbonyl (C=O) groups is 3. The molecule has 0 bridgehead atoms. The fourth-order valence-corrected chi connectivity index (χ4v) is 1.91. The Morgan fingerprint density at radius 1 is 0.958 bits per heavy atom. The standard InChI is InChI=1S/C17H16N2O5/c20-15(21)10-18-16(22)13-8-4-5-9-14(13)19-17(23)24-11-12-6-2-1-3-7-12/h1-9H,10-11H2,(H,18,22)(H,19,23)(H,20,21). The van der Waals surface area contributed by atoms with E-state index in [4.69, 9.17) is 9.84 Å². The van der Waals surface area contributed by atoms with E-state index >= 15 is 0 Å². The van der Waals surface area contributed by atoms with Gasteiger partial charge in [-0.3, -0.25) is 14.9 Å². The van der Waals surface area contributed by atoms with Gasteiger partial charge in [-0.15, -0.1) is 0 Å². The molecule has 0 fully saturated rings. The SMILES string of the molecule is O=C(O)CNC(=O)c1ccccc1NC(=O)OCc1ccccc1. The lowest BCUT2D eigenvalue weighted by molar-refractivity contribution is -0.135. The third-order valence-corrected chi connectivity index (χ3v) is 3.02. The highest BCUT2D eigenvalue weighted by molar-refractivity contribution is 6.03. The van der Waals surface area contributed by atoms with Crippen LogP contribution in [0.3, 0.4) is 0 Å².